The molecule has 0 atom stereocenters. The number of fused-ring (bicyclic) bond motifs is 2. The summed E-state index contributed by atoms with van der Waals surface area (Å²) in [4.78, 5) is 14.2. The molecule has 0 saturated heterocycles. The lowest BCUT2D eigenvalue weighted by Gasteiger charge is -2.32. The number of nitrogens with zero attached hydrogens (tertiary/aromatic N) is 1. The fourth-order valence-corrected chi connectivity index (χ4v) is 3.42. The van der Waals surface area contributed by atoms with Crippen LogP contribution < -0.4 is 15.3 Å². The monoisotopic (exact) mass is 335 g/mol. The second kappa shape index (κ2) is 5.66. The van der Waals surface area contributed by atoms with Gasteiger partial charge in [-0.3, -0.25) is 0 Å². The van der Waals surface area contributed by atoms with E-state index in [1.165, 1.54) is 5.56 Å². The molecule has 128 valence electrons. The second-order valence-corrected chi connectivity index (χ2v) is 6.81. The number of hydrogen-bond donors (Lipinski definition) is 0. The van der Waals surface area contributed by atoms with Crippen molar-refractivity contribution in [2.24, 2.45) is 0 Å². The van der Waals surface area contributed by atoms with Gasteiger partial charge < -0.3 is 14.1 Å². The Morgan fingerprint density at radius 2 is 1.68 bits per heavy atom. The average molecular weight is 335 g/mol. The summed E-state index contributed by atoms with van der Waals surface area (Å²) < 4.78 is 11.6. The molecule has 4 rings (SSSR count). The van der Waals surface area contributed by atoms with Gasteiger partial charge in [0.15, 0.2) is 6.73 Å². The minimum atomic E-state index is -0.273. The highest BCUT2D eigenvalue weighted by molar-refractivity contribution is 5.87. The molecule has 0 N–H and O–H groups in total. The van der Waals surface area contributed by atoms with Crippen molar-refractivity contribution in [1.82, 2.24) is 0 Å². The summed E-state index contributed by atoms with van der Waals surface area (Å²) in [7, 11) is 0. The smallest absolute Gasteiger partial charge is 0.339 e. The highest BCUT2D eigenvalue weighted by Gasteiger charge is 2.23. The third kappa shape index (κ3) is 2.49. The van der Waals surface area contributed by atoms with Crippen LogP contribution in [0.5, 0.6) is 5.75 Å². The topological polar surface area (TPSA) is 42.7 Å². The Labute approximate surface area is 146 Å². The molecule has 1 aliphatic heterocycles. The fraction of sp³-hybridized carbons (Fsp3) is 0.286. The molecule has 0 bridgehead atoms. The van der Waals surface area contributed by atoms with Crippen molar-refractivity contribution in [2.75, 3.05) is 11.6 Å². The molecule has 1 aromatic heterocycles. The molecule has 25 heavy (non-hydrogen) atoms. The van der Waals surface area contributed by atoms with Crippen LogP contribution in [0, 0.1) is 27.7 Å². The van der Waals surface area contributed by atoms with Crippen molar-refractivity contribution < 1.29 is 9.15 Å². The molecule has 4 nitrogen and oxygen atoms in total. The van der Waals surface area contributed by atoms with E-state index in [9.17, 15) is 4.79 Å². The number of rotatable bonds is 1. The van der Waals surface area contributed by atoms with Crippen LogP contribution in [0.15, 0.2) is 39.5 Å². The van der Waals surface area contributed by atoms with Crippen LogP contribution in [0.25, 0.3) is 11.0 Å². The number of ether oxygens (including phenoxy) is 1. The Balaban J connectivity index is 1.83. The third-order valence-electron chi connectivity index (χ3n) is 5.13. The number of hydrogen-bond acceptors (Lipinski definition) is 4. The second-order valence-electron chi connectivity index (χ2n) is 6.81. The van der Waals surface area contributed by atoms with Crippen LogP contribution in [0.1, 0.15) is 27.8 Å². The van der Waals surface area contributed by atoms with Gasteiger partial charge in [0.1, 0.15) is 11.3 Å². The molecule has 2 aromatic carbocycles. The van der Waals surface area contributed by atoms with E-state index in [1.54, 1.807) is 0 Å². The van der Waals surface area contributed by atoms with E-state index in [1.807, 2.05) is 20.8 Å². The van der Waals surface area contributed by atoms with Gasteiger partial charge in [-0.2, -0.15) is 0 Å². The van der Waals surface area contributed by atoms with Crippen molar-refractivity contribution in [1.29, 1.82) is 0 Å². The lowest BCUT2D eigenvalue weighted by molar-refractivity contribution is 0.287. The van der Waals surface area contributed by atoms with E-state index < -0.39 is 0 Å². The SMILES string of the molecule is Cc1ccc(N2COc3c(cc4c(C)c(C)c(=O)oc4c3C)C2)cc1. The quantitative estimate of drug-likeness (QED) is 0.619. The summed E-state index contributed by atoms with van der Waals surface area (Å²) in [5.41, 5.74) is 6.40. The van der Waals surface area contributed by atoms with Crippen molar-refractivity contribution in [3.8, 4) is 5.75 Å². The maximum Gasteiger partial charge on any atom is 0.339 e. The van der Waals surface area contributed by atoms with E-state index in [-0.39, 0.29) is 5.63 Å². The van der Waals surface area contributed by atoms with E-state index >= 15 is 0 Å². The van der Waals surface area contributed by atoms with Gasteiger partial charge in [-0.1, -0.05) is 17.7 Å². The van der Waals surface area contributed by atoms with Gasteiger partial charge in [0, 0.05) is 34.3 Å². The Morgan fingerprint density at radius 1 is 0.960 bits per heavy atom. The minimum absolute atomic E-state index is 0.273. The zero-order chi connectivity index (χ0) is 17.7. The third-order valence-corrected chi connectivity index (χ3v) is 5.13. The lowest BCUT2D eigenvalue weighted by atomic mass is 9.99. The van der Waals surface area contributed by atoms with E-state index in [4.69, 9.17) is 9.15 Å². The van der Waals surface area contributed by atoms with E-state index in [0.29, 0.717) is 17.9 Å². The van der Waals surface area contributed by atoms with E-state index in [0.717, 1.165) is 40.1 Å². The summed E-state index contributed by atoms with van der Waals surface area (Å²) in [5, 5.41) is 0.989. The maximum absolute atomic E-state index is 12.0. The van der Waals surface area contributed by atoms with Crippen molar-refractivity contribution in [2.45, 2.75) is 34.2 Å². The lowest BCUT2D eigenvalue weighted by Crippen LogP contribution is -2.32. The molecule has 3 aromatic rings. The van der Waals surface area contributed by atoms with Crippen molar-refractivity contribution in [3.63, 3.8) is 0 Å². The number of benzene rings is 2. The molecule has 0 amide bonds. The van der Waals surface area contributed by atoms with Gasteiger partial charge in [-0.05, 0) is 51.5 Å². The van der Waals surface area contributed by atoms with E-state index in [2.05, 4.69) is 42.2 Å². The highest BCUT2D eigenvalue weighted by Crippen LogP contribution is 2.37. The van der Waals surface area contributed by atoms with Crippen LogP contribution in [-0.2, 0) is 6.54 Å². The first-order valence-electron chi connectivity index (χ1n) is 8.46. The first-order valence-corrected chi connectivity index (χ1v) is 8.46. The van der Waals surface area contributed by atoms with Gasteiger partial charge in [0.05, 0.1) is 0 Å². The van der Waals surface area contributed by atoms with Crippen LogP contribution in [0.3, 0.4) is 0 Å². The molecular weight excluding hydrogens is 314 g/mol. The molecular formula is C21H21NO3. The summed E-state index contributed by atoms with van der Waals surface area (Å²) in [6.07, 6.45) is 0. The van der Waals surface area contributed by atoms with Crippen molar-refractivity contribution >= 4 is 16.7 Å². The average Bonchev–Trinajstić information content (AvgIpc) is 2.61. The van der Waals surface area contributed by atoms with Gasteiger partial charge >= 0.3 is 5.63 Å². The molecule has 0 spiro atoms. The molecule has 0 saturated carbocycles. The van der Waals surface area contributed by atoms with Gasteiger partial charge in [-0.15, -0.1) is 0 Å². The predicted octanol–water partition coefficient (Wildman–Crippen LogP) is 4.38. The van der Waals surface area contributed by atoms with Gasteiger partial charge in [-0.25, -0.2) is 4.79 Å². The molecule has 0 aliphatic carbocycles. The number of aryl methyl sites for hydroxylation is 3. The van der Waals surface area contributed by atoms with Crippen LogP contribution >= 0.6 is 0 Å². The number of anilines is 1. The van der Waals surface area contributed by atoms with Crippen LogP contribution in [-0.4, -0.2) is 6.73 Å². The highest BCUT2D eigenvalue weighted by atomic mass is 16.5. The standard InChI is InChI=1S/C21H21NO3/c1-12-5-7-17(8-6-12)22-10-16-9-18-13(2)14(3)21(23)25-20(18)15(4)19(16)24-11-22/h5-9H,10-11H2,1-4H3. The molecule has 0 radical (unpaired) electrons. The van der Waals surface area contributed by atoms with Crippen LogP contribution in [0.4, 0.5) is 5.69 Å². The normalized spacial score (nSPS) is 13.7. The maximum atomic E-state index is 12.0. The Morgan fingerprint density at radius 3 is 2.40 bits per heavy atom. The zero-order valence-electron chi connectivity index (χ0n) is 15.0. The van der Waals surface area contributed by atoms with Gasteiger partial charge in [0.2, 0.25) is 0 Å². The molecule has 4 heteroatoms. The molecule has 0 unspecified atom stereocenters. The summed E-state index contributed by atoms with van der Waals surface area (Å²) in [6.45, 7) is 9.08. The Hall–Kier alpha value is -2.75. The largest absolute Gasteiger partial charge is 0.472 e. The summed E-state index contributed by atoms with van der Waals surface area (Å²) in [6, 6.07) is 10.6. The molecule has 1 aliphatic rings. The van der Waals surface area contributed by atoms with Gasteiger partial charge in [0.25, 0.3) is 0 Å². The van der Waals surface area contributed by atoms with Crippen molar-refractivity contribution in [3.05, 3.63) is 68.6 Å². The molecule has 0 fully saturated rings. The Kier molecular flexibility index (Phi) is 3.57. The predicted molar refractivity (Wildman–Crippen MR) is 99.6 cm³/mol. The first kappa shape index (κ1) is 15.8. The minimum Gasteiger partial charge on any atom is -0.472 e. The van der Waals surface area contributed by atoms with Crippen LogP contribution in [0.2, 0.25) is 0 Å². The zero-order valence-corrected chi connectivity index (χ0v) is 15.0. The first-order chi connectivity index (χ1) is 12.0. The molecule has 2 heterocycles. The summed E-state index contributed by atoms with van der Waals surface area (Å²) in [5.74, 6) is 0.835. The fourth-order valence-electron chi connectivity index (χ4n) is 3.42. The summed E-state index contributed by atoms with van der Waals surface area (Å²) >= 11 is 0. The Bertz CT molecular complexity index is 1030.